The summed E-state index contributed by atoms with van der Waals surface area (Å²) in [7, 11) is 0. The lowest BCUT2D eigenvalue weighted by atomic mass is 10.3. The van der Waals surface area contributed by atoms with Crippen molar-refractivity contribution in [3.63, 3.8) is 0 Å². The van der Waals surface area contributed by atoms with Gasteiger partial charge in [-0.25, -0.2) is 9.97 Å². The minimum absolute atomic E-state index is 0.240. The number of halogens is 1. The molecule has 4 nitrogen and oxygen atoms in total. The van der Waals surface area contributed by atoms with Crippen LogP contribution in [0.2, 0.25) is 5.28 Å². The molecule has 98 valence electrons. The van der Waals surface area contributed by atoms with E-state index in [1.807, 2.05) is 20.8 Å². The molecular formula is C12H16ClN3OS. The second kappa shape index (κ2) is 5.82. The summed E-state index contributed by atoms with van der Waals surface area (Å²) >= 11 is 7.53. The van der Waals surface area contributed by atoms with Crippen molar-refractivity contribution in [1.29, 1.82) is 0 Å². The van der Waals surface area contributed by atoms with E-state index in [0.29, 0.717) is 13.2 Å². The third-order valence-electron chi connectivity index (χ3n) is 2.33. The first-order chi connectivity index (χ1) is 8.56. The third kappa shape index (κ3) is 3.31. The summed E-state index contributed by atoms with van der Waals surface area (Å²) in [6.45, 7) is 7.43. The van der Waals surface area contributed by atoms with E-state index in [9.17, 15) is 0 Å². The summed E-state index contributed by atoms with van der Waals surface area (Å²) in [5.41, 5.74) is 0. The van der Waals surface area contributed by atoms with E-state index < -0.39 is 0 Å². The van der Waals surface area contributed by atoms with E-state index in [-0.39, 0.29) is 11.4 Å². The van der Waals surface area contributed by atoms with Crippen LogP contribution in [-0.4, -0.2) is 29.2 Å². The fourth-order valence-electron chi connectivity index (χ4n) is 1.61. The highest BCUT2D eigenvalue weighted by atomic mass is 35.5. The first-order valence-corrected chi connectivity index (χ1v) is 7.05. The topological polar surface area (TPSA) is 47.0 Å². The van der Waals surface area contributed by atoms with Gasteiger partial charge in [-0.3, -0.25) is 0 Å². The maximum absolute atomic E-state index is 5.91. The minimum Gasteiger partial charge on any atom is -0.377 e. The number of nitrogens with one attached hydrogen (secondary N) is 1. The van der Waals surface area contributed by atoms with Crippen LogP contribution in [0.3, 0.4) is 0 Å². The second-order valence-corrected chi connectivity index (χ2v) is 5.84. The highest BCUT2D eigenvalue weighted by Crippen LogP contribution is 2.29. The largest absolute Gasteiger partial charge is 0.377 e. The average Bonchev–Trinajstić information content (AvgIpc) is 2.64. The van der Waals surface area contributed by atoms with Gasteiger partial charge in [-0.05, 0) is 38.4 Å². The van der Waals surface area contributed by atoms with E-state index in [0.717, 1.165) is 16.0 Å². The van der Waals surface area contributed by atoms with E-state index in [1.54, 1.807) is 11.3 Å². The quantitative estimate of drug-likeness (QED) is 0.675. The highest BCUT2D eigenvalue weighted by Gasteiger charge is 2.09. The number of thiophene rings is 1. The lowest BCUT2D eigenvalue weighted by Gasteiger charge is -2.09. The van der Waals surface area contributed by atoms with E-state index in [2.05, 4.69) is 21.4 Å². The third-order valence-corrected chi connectivity index (χ3v) is 3.45. The number of hydrogen-bond acceptors (Lipinski definition) is 5. The predicted molar refractivity (Wildman–Crippen MR) is 76.7 cm³/mol. The monoisotopic (exact) mass is 285 g/mol. The van der Waals surface area contributed by atoms with E-state index in [4.69, 9.17) is 16.3 Å². The summed E-state index contributed by atoms with van der Waals surface area (Å²) in [5.74, 6) is 0.779. The fraction of sp³-hybridized carbons (Fsp3) is 0.500. The molecule has 2 heterocycles. The van der Waals surface area contributed by atoms with Crippen molar-refractivity contribution < 1.29 is 4.74 Å². The molecule has 2 rings (SSSR count). The molecule has 0 amide bonds. The molecule has 0 saturated carbocycles. The zero-order chi connectivity index (χ0) is 13.1. The van der Waals surface area contributed by atoms with Crippen LogP contribution in [0.15, 0.2) is 6.07 Å². The van der Waals surface area contributed by atoms with Gasteiger partial charge in [-0.1, -0.05) is 0 Å². The van der Waals surface area contributed by atoms with Crippen LogP contribution in [0, 0.1) is 6.92 Å². The van der Waals surface area contributed by atoms with Crippen LogP contribution in [0.5, 0.6) is 0 Å². The van der Waals surface area contributed by atoms with Crippen molar-refractivity contribution in [3.05, 3.63) is 16.2 Å². The van der Waals surface area contributed by atoms with Gasteiger partial charge in [0.25, 0.3) is 0 Å². The molecule has 0 unspecified atom stereocenters. The minimum atomic E-state index is 0.240. The Kier molecular flexibility index (Phi) is 4.37. The van der Waals surface area contributed by atoms with Crippen molar-refractivity contribution in [3.8, 4) is 0 Å². The molecule has 0 spiro atoms. The molecule has 0 saturated heterocycles. The van der Waals surface area contributed by atoms with Crippen molar-refractivity contribution in [1.82, 2.24) is 9.97 Å². The summed E-state index contributed by atoms with van der Waals surface area (Å²) in [6.07, 6.45) is 0.240. The van der Waals surface area contributed by atoms with Gasteiger partial charge in [0.05, 0.1) is 18.1 Å². The zero-order valence-corrected chi connectivity index (χ0v) is 12.2. The number of fused-ring (bicyclic) bond motifs is 1. The second-order valence-electron chi connectivity index (χ2n) is 4.26. The number of ether oxygens (including phenoxy) is 1. The number of aryl methyl sites for hydroxylation is 1. The van der Waals surface area contributed by atoms with Gasteiger partial charge in [0, 0.05) is 11.4 Å². The standard InChI is InChI=1S/C12H16ClN3OS/c1-7(2)17-5-4-14-10-9-6-8(3)18-11(9)16-12(13)15-10/h6-7H,4-5H2,1-3H3,(H,14,15,16). The Morgan fingerprint density at radius 1 is 1.44 bits per heavy atom. The van der Waals surface area contributed by atoms with Crippen LogP contribution in [0.4, 0.5) is 5.82 Å². The first kappa shape index (κ1) is 13.5. The Morgan fingerprint density at radius 2 is 2.22 bits per heavy atom. The fourth-order valence-corrected chi connectivity index (χ4v) is 2.71. The Labute approximate surface area is 115 Å². The molecule has 0 aromatic carbocycles. The molecule has 0 aliphatic carbocycles. The van der Waals surface area contributed by atoms with Gasteiger partial charge < -0.3 is 10.1 Å². The number of nitrogens with zero attached hydrogens (tertiary/aromatic N) is 2. The Hall–Kier alpha value is -0.910. The number of aromatic nitrogens is 2. The van der Waals surface area contributed by atoms with Crippen LogP contribution < -0.4 is 5.32 Å². The summed E-state index contributed by atoms with van der Waals surface area (Å²) < 4.78 is 5.47. The van der Waals surface area contributed by atoms with Crippen molar-refractivity contribution in [2.45, 2.75) is 26.9 Å². The molecule has 2 aromatic rings. The highest BCUT2D eigenvalue weighted by molar-refractivity contribution is 7.18. The van der Waals surface area contributed by atoms with Crippen LogP contribution in [0.1, 0.15) is 18.7 Å². The van der Waals surface area contributed by atoms with E-state index >= 15 is 0 Å². The van der Waals surface area contributed by atoms with Crippen LogP contribution in [-0.2, 0) is 4.74 Å². The van der Waals surface area contributed by atoms with Crippen LogP contribution >= 0.6 is 22.9 Å². The maximum atomic E-state index is 5.91. The summed E-state index contributed by atoms with van der Waals surface area (Å²) in [4.78, 5) is 10.6. The van der Waals surface area contributed by atoms with Crippen LogP contribution in [0.25, 0.3) is 10.2 Å². The number of rotatable bonds is 5. The first-order valence-electron chi connectivity index (χ1n) is 5.85. The molecule has 6 heteroatoms. The molecule has 0 bridgehead atoms. The van der Waals surface area contributed by atoms with Gasteiger partial charge in [-0.15, -0.1) is 11.3 Å². The molecule has 1 N–H and O–H groups in total. The molecule has 0 radical (unpaired) electrons. The Bertz CT molecular complexity index is 541. The van der Waals surface area contributed by atoms with Crippen molar-refractivity contribution in [2.24, 2.45) is 0 Å². The molecule has 18 heavy (non-hydrogen) atoms. The van der Waals surface area contributed by atoms with Gasteiger partial charge in [0.2, 0.25) is 5.28 Å². The normalized spacial score (nSPS) is 11.4. The number of anilines is 1. The molecule has 0 aliphatic rings. The SMILES string of the molecule is Cc1cc2c(NCCOC(C)C)nc(Cl)nc2s1. The van der Waals surface area contributed by atoms with Gasteiger partial charge in [0.15, 0.2) is 0 Å². The van der Waals surface area contributed by atoms with E-state index in [1.165, 1.54) is 4.88 Å². The lowest BCUT2D eigenvalue weighted by molar-refractivity contribution is 0.0870. The smallest absolute Gasteiger partial charge is 0.225 e. The van der Waals surface area contributed by atoms with Gasteiger partial charge in [0.1, 0.15) is 10.6 Å². The molecule has 0 fully saturated rings. The zero-order valence-electron chi connectivity index (χ0n) is 10.7. The summed E-state index contributed by atoms with van der Waals surface area (Å²) in [5, 5.41) is 4.54. The number of hydrogen-bond donors (Lipinski definition) is 1. The van der Waals surface area contributed by atoms with Gasteiger partial charge >= 0.3 is 0 Å². The molecule has 2 aromatic heterocycles. The van der Waals surface area contributed by atoms with Crippen molar-refractivity contribution in [2.75, 3.05) is 18.5 Å². The predicted octanol–water partition coefficient (Wildman–Crippen LogP) is 3.49. The van der Waals surface area contributed by atoms with Crippen molar-refractivity contribution >= 4 is 39.0 Å². The summed E-state index contributed by atoms with van der Waals surface area (Å²) in [6, 6.07) is 2.07. The van der Waals surface area contributed by atoms with Gasteiger partial charge in [-0.2, -0.15) is 0 Å². The Balaban J connectivity index is 2.11. The molecule has 0 aliphatic heterocycles. The average molecular weight is 286 g/mol. The molecular weight excluding hydrogens is 270 g/mol. The lowest BCUT2D eigenvalue weighted by Crippen LogP contribution is -2.14. The Morgan fingerprint density at radius 3 is 2.94 bits per heavy atom. The maximum Gasteiger partial charge on any atom is 0.225 e. The molecule has 0 atom stereocenters.